The molecule has 98 valence electrons. The van der Waals surface area contributed by atoms with Gasteiger partial charge < -0.3 is 14.7 Å². The van der Waals surface area contributed by atoms with Crippen molar-refractivity contribution in [2.75, 3.05) is 20.2 Å². The molecule has 2 rings (SSSR count). The van der Waals surface area contributed by atoms with Gasteiger partial charge in [-0.25, -0.2) is 0 Å². The predicted octanol–water partition coefficient (Wildman–Crippen LogP) is 1.74. The fourth-order valence-electron chi connectivity index (χ4n) is 2.20. The van der Waals surface area contributed by atoms with E-state index in [1.165, 1.54) is 0 Å². The van der Waals surface area contributed by atoms with Crippen LogP contribution in [0.1, 0.15) is 30.9 Å². The van der Waals surface area contributed by atoms with Gasteiger partial charge >= 0.3 is 0 Å². The smallest absolute Gasteiger partial charge is 0.225 e. The van der Waals surface area contributed by atoms with E-state index in [2.05, 4.69) is 0 Å². The van der Waals surface area contributed by atoms with Crippen LogP contribution in [0.15, 0.2) is 24.3 Å². The van der Waals surface area contributed by atoms with Crippen LogP contribution in [0.3, 0.4) is 0 Å². The third-order valence-corrected chi connectivity index (χ3v) is 3.33. The molecule has 18 heavy (non-hydrogen) atoms. The topological polar surface area (TPSA) is 49.8 Å². The lowest BCUT2D eigenvalue weighted by Gasteiger charge is -2.18. The number of rotatable bonds is 4. The molecule has 0 unspecified atom stereocenters. The van der Waals surface area contributed by atoms with Crippen LogP contribution in [0.4, 0.5) is 0 Å². The summed E-state index contributed by atoms with van der Waals surface area (Å²) in [6, 6.07) is 7.17. The Balaban J connectivity index is 1.93. The Morgan fingerprint density at radius 3 is 2.50 bits per heavy atom. The van der Waals surface area contributed by atoms with Gasteiger partial charge in [0.2, 0.25) is 5.91 Å². The van der Waals surface area contributed by atoms with Gasteiger partial charge in [0.05, 0.1) is 19.6 Å². The van der Waals surface area contributed by atoms with E-state index in [1.54, 1.807) is 31.4 Å². The van der Waals surface area contributed by atoms with E-state index in [9.17, 15) is 9.90 Å². The molecule has 0 bridgehead atoms. The third-order valence-electron chi connectivity index (χ3n) is 3.33. The quantitative estimate of drug-likeness (QED) is 0.884. The maximum atomic E-state index is 11.9. The van der Waals surface area contributed by atoms with E-state index in [1.807, 2.05) is 4.90 Å². The Kier molecular flexibility index (Phi) is 4.20. The molecule has 4 heteroatoms. The van der Waals surface area contributed by atoms with Crippen LogP contribution in [-0.2, 0) is 4.79 Å². The number of aliphatic hydroxyl groups excluding tert-OH is 1. The lowest BCUT2D eigenvalue weighted by atomic mass is 10.1. The van der Waals surface area contributed by atoms with Gasteiger partial charge in [0.15, 0.2) is 0 Å². The van der Waals surface area contributed by atoms with Gasteiger partial charge in [-0.05, 0) is 30.5 Å². The summed E-state index contributed by atoms with van der Waals surface area (Å²) in [4.78, 5) is 13.7. The summed E-state index contributed by atoms with van der Waals surface area (Å²) in [5.74, 6) is 0.785. The largest absolute Gasteiger partial charge is 0.497 e. The van der Waals surface area contributed by atoms with Crippen LogP contribution < -0.4 is 4.74 Å². The molecule has 4 nitrogen and oxygen atoms in total. The van der Waals surface area contributed by atoms with Crippen molar-refractivity contribution in [2.45, 2.75) is 25.4 Å². The highest BCUT2D eigenvalue weighted by Gasteiger charge is 2.21. The molecule has 1 atom stereocenters. The normalized spacial score (nSPS) is 16.7. The molecular formula is C14H19NO3. The molecule has 1 aliphatic rings. The Morgan fingerprint density at radius 2 is 1.94 bits per heavy atom. The van der Waals surface area contributed by atoms with Gasteiger partial charge in [0.25, 0.3) is 0 Å². The van der Waals surface area contributed by atoms with E-state index in [0.717, 1.165) is 37.2 Å². The number of ether oxygens (including phenoxy) is 1. The summed E-state index contributed by atoms with van der Waals surface area (Å²) in [6.07, 6.45) is 1.57. The van der Waals surface area contributed by atoms with Crippen LogP contribution in [-0.4, -0.2) is 36.1 Å². The first kappa shape index (κ1) is 12.9. The molecule has 1 amide bonds. The SMILES string of the molecule is COc1ccc([C@H](O)CC(=O)N2CCCC2)cc1. The zero-order valence-electron chi connectivity index (χ0n) is 10.6. The van der Waals surface area contributed by atoms with Crippen molar-refractivity contribution < 1.29 is 14.6 Å². The summed E-state index contributed by atoms with van der Waals surface area (Å²) in [5, 5.41) is 10.0. The molecule has 1 aliphatic heterocycles. The number of carbonyl (C=O) groups excluding carboxylic acids is 1. The Morgan fingerprint density at radius 1 is 1.33 bits per heavy atom. The molecular weight excluding hydrogens is 230 g/mol. The van der Waals surface area contributed by atoms with Crippen LogP contribution in [0, 0.1) is 0 Å². The number of likely N-dealkylation sites (tertiary alicyclic amines) is 1. The predicted molar refractivity (Wildman–Crippen MR) is 68.4 cm³/mol. The fraction of sp³-hybridized carbons (Fsp3) is 0.500. The average molecular weight is 249 g/mol. The maximum Gasteiger partial charge on any atom is 0.225 e. The minimum absolute atomic E-state index is 0.0378. The molecule has 1 aromatic carbocycles. The van der Waals surface area contributed by atoms with Gasteiger partial charge in [0, 0.05) is 13.1 Å². The van der Waals surface area contributed by atoms with Crippen LogP contribution in [0.5, 0.6) is 5.75 Å². The van der Waals surface area contributed by atoms with Crippen molar-refractivity contribution in [3.8, 4) is 5.75 Å². The zero-order valence-corrected chi connectivity index (χ0v) is 10.6. The summed E-state index contributed by atoms with van der Waals surface area (Å²) in [7, 11) is 1.60. The Hall–Kier alpha value is -1.55. The second-order valence-corrected chi connectivity index (χ2v) is 4.58. The van der Waals surface area contributed by atoms with Gasteiger partial charge in [0.1, 0.15) is 5.75 Å². The molecule has 1 saturated heterocycles. The summed E-state index contributed by atoms with van der Waals surface area (Å²) < 4.78 is 5.05. The highest BCUT2D eigenvalue weighted by Crippen LogP contribution is 2.21. The van der Waals surface area contributed by atoms with Crippen molar-refractivity contribution in [2.24, 2.45) is 0 Å². The van der Waals surface area contributed by atoms with E-state index >= 15 is 0 Å². The molecule has 0 saturated carbocycles. The molecule has 0 spiro atoms. The Labute approximate surface area is 107 Å². The third kappa shape index (κ3) is 3.01. The van der Waals surface area contributed by atoms with Gasteiger partial charge in [-0.3, -0.25) is 4.79 Å². The standard InChI is InChI=1S/C14H19NO3/c1-18-12-6-4-11(5-7-12)13(16)10-14(17)15-8-2-3-9-15/h4-7,13,16H,2-3,8-10H2,1H3/t13-/m1/s1. The molecule has 0 aliphatic carbocycles. The van der Waals surface area contributed by atoms with Gasteiger partial charge in [-0.1, -0.05) is 12.1 Å². The second kappa shape index (κ2) is 5.87. The highest BCUT2D eigenvalue weighted by molar-refractivity contribution is 5.77. The van der Waals surface area contributed by atoms with Crippen LogP contribution >= 0.6 is 0 Å². The van der Waals surface area contributed by atoms with Crippen molar-refractivity contribution in [1.29, 1.82) is 0 Å². The van der Waals surface area contributed by atoms with Crippen molar-refractivity contribution >= 4 is 5.91 Å². The van der Waals surface area contributed by atoms with Gasteiger partial charge in [-0.15, -0.1) is 0 Å². The van der Waals surface area contributed by atoms with E-state index < -0.39 is 6.10 Å². The highest BCUT2D eigenvalue weighted by atomic mass is 16.5. The average Bonchev–Trinajstić information content (AvgIpc) is 2.92. The van der Waals surface area contributed by atoms with E-state index in [4.69, 9.17) is 4.74 Å². The monoisotopic (exact) mass is 249 g/mol. The van der Waals surface area contributed by atoms with Crippen LogP contribution in [0.2, 0.25) is 0 Å². The molecule has 1 aromatic rings. The summed E-state index contributed by atoms with van der Waals surface area (Å²) >= 11 is 0. The van der Waals surface area contributed by atoms with Crippen molar-refractivity contribution in [3.05, 3.63) is 29.8 Å². The first-order valence-corrected chi connectivity index (χ1v) is 6.30. The first-order valence-electron chi connectivity index (χ1n) is 6.30. The van der Waals surface area contributed by atoms with E-state index in [0.29, 0.717) is 0 Å². The second-order valence-electron chi connectivity index (χ2n) is 4.58. The molecule has 0 aromatic heterocycles. The van der Waals surface area contributed by atoms with Gasteiger partial charge in [-0.2, -0.15) is 0 Å². The molecule has 1 N–H and O–H groups in total. The van der Waals surface area contributed by atoms with E-state index in [-0.39, 0.29) is 12.3 Å². The minimum atomic E-state index is -0.732. The number of benzene rings is 1. The number of amides is 1. The zero-order chi connectivity index (χ0) is 13.0. The lowest BCUT2D eigenvalue weighted by Crippen LogP contribution is -2.28. The van der Waals surface area contributed by atoms with Crippen molar-refractivity contribution in [1.82, 2.24) is 4.90 Å². The summed E-state index contributed by atoms with van der Waals surface area (Å²) in [6.45, 7) is 1.66. The molecule has 1 fully saturated rings. The number of methoxy groups -OCH3 is 1. The summed E-state index contributed by atoms with van der Waals surface area (Å²) in [5.41, 5.74) is 0.753. The first-order chi connectivity index (χ1) is 8.70. The fourth-order valence-corrected chi connectivity index (χ4v) is 2.20. The molecule has 0 radical (unpaired) electrons. The number of nitrogens with zero attached hydrogens (tertiary/aromatic N) is 1. The number of hydrogen-bond donors (Lipinski definition) is 1. The Bertz CT molecular complexity index is 396. The lowest BCUT2D eigenvalue weighted by molar-refractivity contribution is -0.132. The molecule has 1 heterocycles. The van der Waals surface area contributed by atoms with Crippen molar-refractivity contribution in [3.63, 3.8) is 0 Å². The number of hydrogen-bond acceptors (Lipinski definition) is 3. The van der Waals surface area contributed by atoms with Crippen LogP contribution in [0.25, 0.3) is 0 Å². The minimum Gasteiger partial charge on any atom is -0.497 e. The number of aliphatic hydroxyl groups is 1. The number of carbonyl (C=O) groups is 1. The maximum absolute atomic E-state index is 11.9.